The highest BCUT2D eigenvalue weighted by Crippen LogP contribution is 2.33. The van der Waals surface area contributed by atoms with Crippen LogP contribution in [0.1, 0.15) is 45.2 Å². The van der Waals surface area contributed by atoms with Gasteiger partial charge < -0.3 is 10.2 Å². The van der Waals surface area contributed by atoms with Gasteiger partial charge >= 0.3 is 0 Å². The molecule has 2 amide bonds. The lowest BCUT2D eigenvalue weighted by molar-refractivity contribution is -0.141. The highest BCUT2D eigenvalue weighted by Gasteiger charge is 2.33. The molecule has 0 fully saturated rings. The fourth-order valence-corrected chi connectivity index (χ4v) is 4.93. The number of carbonyl (C=O) groups is 2. The van der Waals surface area contributed by atoms with Gasteiger partial charge in [-0.15, -0.1) is 0 Å². The molecule has 0 heterocycles. The number of nitrogens with zero attached hydrogens (tertiary/aromatic N) is 2. The van der Waals surface area contributed by atoms with Gasteiger partial charge in [0.15, 0.2) is 0 Å². The van der Waals surface area contributed by atoms with Gasteiger partial charge in [0.25, 0.3) is 0 Å². The first-order chi connectivity index (χ1) is 16.2. The van der Waals surface area contributed by atoms with Gasteiger partial charge in [-0.1, -0.05) is 60.5 Å². The second-order valence-electron chi connectivity index (χ2n) is 9.45. The summed E-state index contributed by atoms with van der Waals surface area (Å²) in [6.45, 7) is 8.91. The molecule has 192 valence electrons. The average Bonchev–Trinajstić information content (AvgIpc) is 2.73. The molecule has 2 aromatic carbocycles. The lowest BCUT2D eigenvalue weighted by atomic mass is 10.0. The number of hydrogen-bond donors (Lipinski definition) is 1. The maximum Gasteiger partial charge on any atom is 0.244 e. The lowest BCUT2D eigenvalue weighted by Crippen LogP contribution is -2.55. The summed E-state index contributed by atoms with van der Waals surface area (Å²) in [5.74, 6) is -0.848. The zero-order chi connectivity index (χ0) is 26.6. The summed E-state index contributed by atoms with van der Waals surface area (Å²) in [5, 5.41) is 3.12. The van der Waals surface area contributed by atoms with E-state index in [-0.39, 0.29) is 28.2 Å². The number of benzene rings is 2. The Morgan fingerprint density at radius 2 is 1.69 bits per heavy atom. The van der Waals surface area contributed by atoms with E-state index in [0.717, 1.165) is 21.7 Å². The number of carbonyl (C=O) groups excluding carboxylic acids is 2. The van der Waals surface area contributed by atoms with E-state index < -0.39 is 34.1 Å². The third-order valence-corrected chi connectivity index (χ3v) is 7.30. The first kappa shape index (κ1) is 28.9. The number of hydrogen-bond acceptors (Lipinski definition) is 4. The second kappa shape index (κ2) is 11.6. The highest BCUT2D eigenvalue weighted by molar-refractivity contribution is 7.92. The molecule has 0 saturated carbocycles. The molecular formula is C25H33Cl2N3O4S. The number of nitrogens with one attached hydrogen (secondary N) is 1. The van der Waals surface area contributed by atoms with Gasteiger partial charge in [-0.2, -0.15) is 0 Å². The smallest absolute Gasteiger partial charge is 0.244 e. The van der Waals surface area contributed by atoms with E-state index in [9.17, 15) is 18.0 Å². The van der Waals surface area contributed by atoms with E-state index in [1.165, 1.54) is 17.0 Å². The zero-order valence-electron chi connectivity index (χ0n) is 20.9. The van der Waals surface area contributed by atoms with Gasteiger partial charge in [-0.05, 0) is 57.4 Å². The Bertz CT molecular complexity index is 1180. The van der Waals surface area contributed by atoms with Crippen LogP contribution in [0.3, 0.4) is 0 Å². The van der Waals surface area contributed by atoms with E-state index in [2.05, 4.69) is 5.32 Å². The maximum atomic E-state index is 13.7. The molecule has 0 aliphatic rings. The minimum Gasteiger partial charge on any atom is -0.350 e. The predicted octanol–water partition coefficient (Wildman–Crippen LogP) is 4.79. The Morgan fingerprint density at radius 1 is 1.06 bits per heavy atom. The van der Waals surface area contributed by atoms with Crippen molar-refractivity contribution >= 4 is 50.7 Å². The quantitative estimate of drug-likeness (QED) is 0.494. The van der Waals surface area contributed by atoms with Crippen LogP contribution in [0.2, 0.25) is 10.0 Å². The monoisotopic (exact) mass is 541 g/mol. The number of sulfonamides is 1. The summed E-state index contributed by atoms with van der Waals surface area (Å²) in [6.07, 6.45) is 1.34. The van der Waals surface area contributed by atoms with Crippen molar-refractivity contribution < 1.29 is 18.0 Å². The number of amides is 2. The minimum atomic E-state index is -3.91. The molecule has 0 aliphatic carbocycles. The van der Waals surface area contributed by atoms with Crippen molar-refractivity contribution in [1.29, 1.82) is 0 Å². The molecule has 1 atom stereocenters. The number of aryl methyl sites for hydroxylation is 1. The molecule has 0 aliphatic heterocycles. The third kappa shape index (κ3) is 7.85. The van der Waals surface area contributed by atoms with Crippen molar-refractivity contribution in [1.82, 2.24) is 10.2 Å². The van der Waals surface area contributed by atoms with Crippen molar-refractivity contribution in [3.8, 4) is 0 Å². The van der Waals surface area contributed by atoms with Gasteiger partial charge in [0.05, 0.1) is 22.0 Å². The maximum absolute atomic E-state index is 13.7. The molecule has 35 heavy (non-hydrogen) atoms. The number of rotatable bonds is 9. The van der Waals surface area contributed by atoms with Crippen LogP contribution in [0, 0.1) is 6.92 Å². The topological polar surface area (TPSA) is 86.8 Å². The fraction of sp³-hybridized carbons (Fsp3) is 0.440. The normalized spacial score (nSPS) is 12.7. The molecule has 0 radical (unpaired) electrons. The summed E-state index contributed by atoms with van der Waals surface area (Å²) < 4.78 is 26.3. The summed E-state index contributed by atoms with van der Waals surface area (Å²) >= 11 is 12.4. The lowest BCUT2D eigenvalue weighted by Gasteiger charge is -2.35. The second-order valence-corrected chi connectivity index (χ2v) is 12.1. The minimum absolute atomic E-state index is 0.0235. The summed E-state index contributed by atoms with van der Waals surface area (Å²) in [7, 11) is -3.91. The van der Waals surface area contributed by atoms with Gasteiger partial charge in [0.1, 0.15) is 12.6 Å². The summed E-state index contributed by atoms with van der Waals surface area (Å²) in [6, 6.07) is 11.3. The van der Waals surface area contributed by atoms with Gasteiger partial charge in [0, 0.05) is 12.1 Å². The van der Waals surface area contributed by atoms with Crippen molar-refractivity contribution in [2.24, 2.45) is 0 Å². The van der Waals surface area contributed by atoms with Crippen molar-refractivity contribution in [2.45, 2.75) is 59.2 Å². The van der Waals surface area contributed by atoms with E-state index in [1.54, 1.807) is 6.07 Å². The van der Waals surface area contributed by atoms with Gasteiger partial charge in [-0.3, -0.25) is 13.9 Å². The van der Waals surface area contributed by atoms with Crippen LogP contribution >= 0.6 is 23.2 Å². The van der Waals surface area contributed by atoms with Crippen LogP contribution in [0.5, 0.6) is 0 Å². The molecule has 0 saturated heterocycles. The first-order valence-corrected chi connectivity index (χ1v) is 13.8. The van der Waals surface area contributed by atoms with E-state index >= 15 is 0 Å². The zero-order valence-corrected chi connectivity index (χ0v) is 23.3. The molecule has 10 heteroatoms. The van der Waals surface area contributed by atoms with E-state index in [0.29, 0.717) is 6.42 Å². The van der Waals surface area contributed by atoms with Crippen LogP contribution in [0.4, 0.5) is 5.69 Å². The van der Waals surface area contributed by atoms with E-state index in [4.69, 9.17) is 23.2 Å². The Hall–Kier alpha value is -2.29. The molecule has 0 spiro atoms. The Labute approximate surface area is 218 Å². The Kier molecular flexibility index (Phi) is 9.62. The molecule has 0 aromatic heterocycles. The van der Waals surface area contributed by atoms with Crippen LogP contribution in [0.15, 0.2) is 42.5 Å². The molecule has 7 nitrogen and oxygen atoms in total. The summed E-state index contributed by atoms with van der Waals surface area (Å²) in [4.78, 5) is 28.3. The van der Waals surface area contributed by atoms with Crippen LogP contribution in [-0.4, -0.2) is 49.5 Å². The van der Waals surface area contributed by atoms with Gasteiger partial charge in [0.2, 0.25) is 21.8 Å². The number of anilines is 1. The highest BCUT2D eigenvalue weighted by atomic mass is 35.5. The van der Waals surface area contributed by atoms with Crippen LogP contribution < -0.4 is 9.62 Å². The molecule has 0 bridgehead atoms. The summed E-state index contributed by atoms with van der Waals surface area (Å²) in [5.41, 5.74) is 1.40. The Balaban J connectivity index is 2.52. The third-order valence-electron chi connectivity index (χ3n) is 5.37. The first-order valence-electron chi connectivity index (χ1n) is 11.2. The SMILES string of the molecule is CCC(C(=O)NC(C)(C)C)N(Cc1ccccc1C)C(=O)CN(c1cccc(Cl)c1Cl)S(C)(=O)=O. The number of halogens is 2. The predicted molar refractivity (Wildman–Crippen MR) is 142 cm³/mol. The van der Waals surface area contributed by atoms with E-state index in [1.807, 2.05) is 58.9 Å². The Morgan fingerprint density at radius 3 is 2.23 bits per heavy atom. The molecule has 1 unspecified atom stereocenters. The van der Waals surface area contributed by atoms with Crippen LogP contribution in [-0.2, 0) is 26.2 Å². The van der Waals surface area contributed by atoms with Crippen molar-refractivity contribution in [3.63, 3.8) is 0 Å². The fourth-order valence-electron chi connectivity index (χ4n) is 3.62. The molecule has 2 aromatic rings. The molecular weight excluding hydrogens is 509 g/mol. The molecule has 1 N–H and O–H groups in total. The van der Waals surface area contributed by atoms with Crippen molar-refractivity contribution in [2.75, 3.05) is 17.1 Å². The van der Waals surface area contributed by atoms with Crippen molar-refractivity contribution in [3.05, 3.63) is 63.6 Å². The van der Waals surface area contributed by atoms with Crippen LogP contribution in [0.25, 0.3) is 0 Å². The largest absolute Gasteiger partial charge is 0.350 e. The average molecular weight is 543 g/mol. The molecule has 2 rings (SSSR count). The van der Waals surface area contributed by atoms with Gasteiger partial charge in [-0.25, -0.2) is 8.42 Å². The standard InChI is InChI=1S/C25H33Cl2N3O4S/c1-7-20(24(32)28-25(3,4)5)29(15-18-12-9-8-11-17(18)2)22(31)16-30(35(6,33)34)21-14-10-13-19(26)23(21)27/h8-14,20H,7,15-16H2,1-6H3,(H,28,32).